The van der Waals surface area contributed by atoms with Crippen LogP contribution in [0.1, 0.15) is 15.2 Å². The van der Waals surface area contributed by atoms with Crippen molar-refractivity contribution in [2.45, 2.75) is 0 Å². The maximum absolute atomic E-state index is 12.4. The zero-order chi connectivity index (χ0) is 20.9. The molecule has 0 aliphatic heterocycles. The standard InChI is InChI=1S/C22H15N3O4S/c26-22(21-13-16-12-17(25(27)28)9-10-20(16)30-21)24-23-14-15-5-4-8-19(11-15)29-18-6-2-1-3-7-18/h1-14H,(H,24,26). The number of nitrogens with zero attached hydrogens (tertiary/aromatic N) is 2. The van der Waals surface area contributed by atoms with Gasteiger partial charge in [0.2, 0.25) is 0 Å². The Morgan fingerprint density at radius 1 is 1.00 bits per heavy atom. The van der Waals surface area contributed by atoms with E-state index in [1.807, 2.05) is 48.5 Å². The van der Waals surface area contributed by atoms with Gasteiger partial charge in [0, 0.05) is 22.2 Å². The number of amides is 1. The van der Waals surface area contributed by atoms with Gasteiger partial charge in [0.25, 0.3) is 11.6 Å². The quantitative estimate of drug-likeness (QED) is 0.259. The molecule has 4 aromatic rings. The van der Waals surface area contributed by atoms with Gasteiger partial charge in [0.1, 0.15) is 11.5 Å². The number of benzene rings is 3. The van der Waals surface area contributed by atoms with E-state index in [0.717, 1.165) is 16.0 Å². The molecule has 4 rings (SSSR count). The lowest BCUT2D eigenvalue weighted by atomic mass is 10.2. The third-order valence-corrected chi connectivity index (χ3v) is 5.27. The number of nitro groups is 1. The number of nitro benzene ring substituents is 1. The first-order valence-corrected chi connectivity index (χ1v) is 9.74. The summed E-state index contributed by atoms with van der Waals surface area (Å²) < 4.78 is 6.57. The fourth-order valence-corrected chi connectivity index (χ4v) is 3.69. The Morgan fingerprint density at radius 3 is 2.60 bits per heavy atom. The Labute approximate surface area is 175 Å². The van der Waals surface area contributed by atoms with E-state index in [4.69, 9.17) is 4.74 Å². The number of nitrogens with one attached hydrogen (secondary N) is 1. The summed E-state index contributed by atoms with van der Waals surface area (Å²) in [6.45, 7) is 0. The molecule has 3 aromatic carbocycles. The van der Waals surface area contributed by atoms with Gasteiger partial charge in [0.05, 0.1) is 16.0 Å². The van der Waals surface area contributed by atoms with Gasteiger partial charge in [0.15, 0.2) is 0 Å². The second-order valence-electron chi connectivity index (χ2n) is 6.28. The van der Waals surface area contributed by atoms with E-state index >= 15 is 0 Å². The van der Waals surface area contributed by atoms with Crippen LogP contribution in [-0.2, 0) is 0 Å². The molecule has 0 unspecified atom stereocenters. The van der Waals surface area contributed by atoms with Crippen LogP contribution in [0.4, 0.5) is 5.69 Å². The molecule has 1 aromatic heterocycles. The van der Waals surface area contributed by atoms with Crippen molar-refractivity contribution in [3.05, 3.63) is 99.4 Å². The number of fused-ring (bicyclic) bond motifs is 1. The summed E-state index contributed by atoms with van der Waals surface area (Å²) in [4.78, 5) is 23.2. The molecule has 0 atom stereocenters. The highest BCUT2D eigenvalue weighted by Crippen LogP contribution is 2.29. The van der Waals surface area contributed by atoms with E-state index in [2.05, 4.69) is 10.5 Å². The number of hydrogen-bond donors (Lipinski definition) is 1. The number of para-hydroxylation sites is 1. The summed E-state index contributed by atoms with van der Waals surface area (Å²) >= 11 is 1.25. The van der Waals surface area contributed by atoms with Crippen molar-refractivity contribution in [2.24, 2.45) is 5.10 Å². The number of ether oxygens (including phenoxy) is 1. The topological polar surface area (TPSA) is 93.8 Å². The number of non-ortho nitro benzene ring substituents is 1. The van der Waals surface area contributed by atoms with Crippen molar-refractivity contribution in [1.29, 1.82) is 0 Å². The maximum Gasteiger partial charge on any atom is 0.281 e. The van der Waals surface area contributed by atoms with E-state index in [0.29, 0.717) is 16.0 Å². The van der Waals surface area contributed by atoms with Crippen LogP contribution in [0, 0.1) is 10.1 Å². The van der Waals surface area contributed by atoms with Gasteiger partial charge in [-0.1, -0.05) is 30.3 Å². The van der Waals surface area contributed by atoms with Gasteiger partial charge in [-0.2, -0.15) is 5.10 Å². The van der Waals surface area contributed by atoms with Crippen LogP contribution in [0.25, 0.3) is 10.1 Å². The van der Waals surface area contributed by atoms with Gasteiger partial charge in [-0.3, -0.25) is 14.9 Å². The van der Waals surface area contributed by atoms with Crippen molar-refractivity contribution in [1.82, 2.24) is 5.43 Å². The fourth-order valence-electron chi connectivity index (χ4n) is 2.76. The van der Waals surface area contributed by atoms with Gasteiger partial charge in [-0.05, 0) is 42.0 Å². The number of carbonyl (C=O) groups excluding carboxylic acids is 1. The van der Waals surface area contributed by atoms with Crippen molar-refractivity contribution in [3.8, 4) is 11.5 Å². The molecular formula is C22H15N3O4S. The zero-order valence-corrected chi connectivity index (χ0v) is 16.3. The Balaban J connectivity index is 1.43. The van der Waals surface area contributed by atoms with E-state index in [-0.39, 0.29) is 11.6 Å². The molecule has 1 amide bonds. The lowest BCUT2D eigenvalue weighted by molar-refractivity contribution is -0.384. The van der Waals surface area contributed by atoms with Crippen LogP contribution >= 0.6 is 11.3 Å². The molecule has 1 N–H and O–H groups in total. The minimum Gasteiger partial charge on any atom is -0.457 e. The Kier molecular flexibility index (Phi) is 5.49. The van der Waals surface area contributed by atoms with E-state index in [1.165, 1.54) is 29.7 Å². The van der Waals surface area contributed by atoms with E-state index < -0.39 is 4.92 Å². The highest BCUT2D eigenvalue weighted by atomic mass is 32.1. The molecule has 7 nitrogen and oxygen atoms in total. The molecule has 0 aliphatic carbocycles. The first kappa shape index (κ1) is 19.3. The molecule has 0 aliphatic rings. The molecule has 0 fully saturated rings. The number of carbonyl (C=O) groups is 1. The van der Waals surface area contributed by atoms with Crippen LogP contribution in [0.3, 0.4) is 0 Å². The van der Waals surface area contributed by atoms with Crippen molar-refractivity contribution in [2.75, 3.05) is 0 Å². The second kappa shape index (κ2) is 8.54. The molecule has 30 heavy (non-hydrogen) atoms. The molecule has 0 saturated heterocycles. The summed E-state index contributed by atoms with van der Waals surface area (Å²) in [7, 11) is 0. The number of thiophene rings is 1. The molecule has 0 spiro atoms. The average Bonchev–Trinajstić information content (AvgIpc) is 3.18. The lowest BCUT2D eigenvalue weighted by Gasteiger charge is -2.05. The zero-order valence-electron chi connectivity index (χ0n) is 15.5. The van der Waals surface area contributed by atoms with Crippen molar-refractivity contribution < 1.29 is 14.5 Å². The minimum atomic E-state index is -0.462. The number of rotatable bonds is 6. The summed E-state index contributed by atoms with van der Waals surface area (Å²) in [6.07, 6.45) is 1.52. The third kappa shape index (κ3) is 4.50. The number of hydrogen-bond acceptors (Lipinski definition) is 6. The molecule has 148 valence electrons. The van der Waals surface area contributed by atoms with Gasteiger partial charge in [-0.15, -0.1) is 11.3 Å². The van der Waals surface area contributed by atoms with E-state index in [1.54, 1.807) is 18.2 Å². The summed E-state index contributed by atoms with van der Waals surface area (Å²) in [5, 5.41) is 15.5. The normalized spacial score (nSPS) is 10.9. The second-order valence-corrected chi connectivity index (χ2v) is 7.36. The molecular weight excluding hydrogens is 402 g/mol. The fraction of sp³-hybridized carbons (Fsp3) is 0. The molecule has 8 heteroatoms. The van der Waals surface area contributed by atoms with Gasteiger partial charge in [-0.25, -0.2) is 5.43 Å². The highest BCUT2D eigenvalue weighted by Gasteiger charge is 2.12. The first-order valence-electron chi connectivity index (χ1n) is 8.93. The van der Waals surface area contributed by atoms with Crippen LogP contribution < -0.4 is 10.2 Å². The highest BCUT2D eigenvalue weighted by molar-refractivity contribution is 7.20. The largest absolute Gasteiger partial charge is 0.457 e. The minimum absolute atomic E-state index is 0.0112. The van der Waals surface area contributed by atoms with Crippen molar-refractivity contribution >= 4 is 39.2 Å². The summed E-state index contributed by atoms with van der Waals surface area (Å²) in [5.74, 6) is 0.999. The predicted molar refractivity (Wildman–Crippen MR) is 116 cm³/mol. The van der Waals surface area contributed by atoms with Crippen molar-refractivity contribution in [3.63, 3.8) is 0 Å². The number of hydrazone groups is 1. The van der Waals surface area contributed by atoms with E-state index in [9.17, 15) is 14.9 Å². The average molecular weight is 417 g/mol. The van der Waals surface area contributed by atoms with Gasteiger partial charge < -0.3 is 4.74 Å². The molecule has 0 bridgehead atoms. The van der Waals surface area contributed by atoms with Crippen LogP contribution in [-0.4, -0.2) is 17.0 Å². The Hall–Kier alpha value is -4.04. The predicted octanol–water partition coefficient (Wildman–Crippen LogP) is 5.37. The van der Waals surface area contributed by atoms with Gasteiger partial charge >= 0.3 is 0 Å². The smallest absolute Gasteiger partial charge is 0.281 e. The SMILES string of the molecule is O=C(NN=Cc1cccc(Oc2ccccc2)c1)c1cc2cc([N+](=O)[O-])ccc2s1. The summed E-state index contributed by atoms with van der Waals surface area (Å²) in [6, 6.07) is 22.9. The van der Waals surface area contributed by atoms with Crippen LogP contribution in [0.5, 0.6) is 11.5 Å². The lowest BCUT2D eigenvalue weighted by Crippen LogP contribution is -2.16. The van der Waals surface area contributed by atoms with Crippen LogP contribution in [0.2, 0.25) is 0 Å². The Bertz CT molecular complexity index is 1250. The van der Waals surface area contributed by atoms with Crippen LogP contribution in [0.15, 0.2) is 84.0 Å². The molecule has 0 radical (unpaired) electrons. The maximum atomic E-state index is 12.4. The first-order chi connectivity index (χ1) is 14.6. The third-order valence-electron chi connectivity index (χ3n) is 4.15. The molecule has 0 saturated carbocycles. The monoisotopic (exact) mass is 417 g/mol. The molecule has 1 heterocycles. The Morgan fingerprint density at radius 2 is 1.80 bits per heavy atom. The summed E-state index contributed by atoms with van der Waals surface area (Å²) in [5.41, 5.74) is 3.23.